The zero-order valence-electron chi connectivity index (χ0n) is 15.4. The van der Waals surface area contributed by atoms with Crippen LogP contribution in [0, 0.1) is 6.92 Å². The van der Waals surface area contributed by atoms with Gasteiger partial charge in [0.2, 0.25) is 5.89 Å². The molecule has 27 heavy (non-hydrogen) atoms. The Hall–Kier alpha value is -2.80. The first-order chi connectivity index (χ1) is 13.2. The molecular formula is C20H20N4O2S. The fourth-order valence-corrected chi connectivity index (χ4v) is 3.85. The van der Waals surface area contributed by atoms with Crippen LogP contribution in [0.25, 0.3) is 16.7 Å². The first kappa shape index (κ1) is 17.6. The number of hydrogen-bond acceptors (Lipinski definition) is 6. The van der Waals surface area contributed by atoms with Crippen molar-refractivity contribution >= 4 is 22.8 Å². The summed E-state index contributed by atoms with van der Waals surface area (Å²) in [5, 5.41) is 4.76. The van der Waals surface area contributed by atoms with Crippen LogP contribution in [-0.4, -0.2) is 26.3 Å². The smallest absolute Gasteiger partial charge is 0.239 e. The molecule has 0 aliphatic carbocycles. The van der Waals surface area contributed by atoms with Crippen LogP contribution in [0.15, 0.2) is 58.2 Å². The molecule has 0 aliphatic heterocycles. The van der Waals surface area contributed by atoms with Crippen LogP contribution in [0.3, 0.4) is 0 Å². The van der Waals surface area contributed by atoms with Crippen molar-refractivity contribution in [1.29, 1.82) is 0 Å². The molecule has 7 heteroatoms. The van der Waals surface area contributed by atoms with Crippen LogP contribution in [0.1, 0.15) is 30.8 Å². The molecule has 0 aliphatic rings. The molecule has 2 aromatic carbocycles. The number of para-hydroxylation sites is 2. The van der Waals surface area contributed by atoms with E-state index in [9.17, 15) is 0 Å². The average molecular weight is 380 g/mol. The minimum atomic E-state index is -0.00976. The van der Waals surface area contributed by atoms with Gasteiger partial charge in [0.05, 0.1) is 22.9 Å². The second kappa shape index (κ2) is 7.44. The third-order valence-electron chi connectivity index (χ3n) is 4.11. The molecule has 0 fully saturated rings. The number of hydrogen-bond donors (Lipinski definition) is 0. The second-order valence-corrected chi connectivity index (χ2v) is 7.39. The van der Waals surface area contributed by atoms with Gasteiger partial charge < -0.3 is 9.26 Å². The van der Waals surface area contributed by atoms with E-state index in [1.807, 2.05) is 63.2 Å². The first-order valence-electron chi connectivity index (χ1n) is 8.83. The SMILES string of the molecule is CCOc1ccc(-n2c(S[C@H](C)c3nc(C)no3)nc3ccccc32)cc1. The van der Waals surface area contributed by atoms with Gasteiger partial charge in [-0.3, -0.25) is 4.57 Å². The van der Waals surface area contributed by atoms with Gasteiger partial charge in [0.15, 0.2) is 11.0 Å². The summed E-state index contributed by atoms with van der Waals surface area (Å²) in [7, 11) is 0. The Bertz CT molecular complexity index is 1060. The molecule has 0 amide bonds. The summed E-state index contributed by atoms with van der Waals surface area (Å²) in [6.45, 7) is 6.49. The van der Waals surface area contributed by atoms with Gasteiger partial charge in [0.25, 0.3) is 0 Å². The summed E-state index contributed by atoms with van der Waals surface area (Å²) < 4.78 is 13.0. The Morgan fingerprint density at radius 3 is 2.59 bits per heavy atom. The Morgan fingerprint density at radius 2 is 1.89 bits per heavy atom. The highest BCUT2D eigenvalue weighted by atomic mass is 32.2. The molecule has 0 saturated heterocycles. The standard InChI is InChI=1S/C20H20N4O2S/c1-4-25-16-11-9-15(10-12-16)24-18-8-6-5-7-17(18)22-20(24)27-13(2)19-21-14(3)23-26-19/h5-13H,4H2,1-3H3/t13-/m1/s1. The molecule has 138 valence electrons. The largest absolute Gasteiger partial charge is 0.494 e. The monoisotopic (exact) mass is 380 g/mol. The predicted octanol–water partition coefficient (Wildman–Crippen LogP) is 4.97. The highest BCUT2D eigenvalue weighted by Crippen LogP contribution is 2.37. The number of thioether (sulfide) groups is 1. The van der Waals surface area contributed by atoms with Gasteiger partial charge >= 0.3 is 0 Å². The van der Waals surface area contributed by atoms with Crippen LogP contribution in [0.5, 0.6) is 5.75 Å². The molecule has 2 heterocycles. The molecule has 2 aromatic heterocycles. The molecule has 4 rings (SSSR count). The molecule has 0 saturated carbocycles. The van der Waals surface area contributed by atoms with Gasteiger partial charge in [-0.1, -0.05) is 29.1 Å². The summed E-state index contributed by atoms with van der Waals surface area (Å²) in [6, 6.07) is 16.2. The van der Waals surface area contributed by atoms with Gasteiger partial charge in [-0.05, 0) is 57.2 Å². The lowest BCUT2D eigenvalue weighted by atomic mass is 10.2. The highest BCUT2D eigenvalue weighted by molar-refractivity contribution is 7.99. The highest BCUT2D eigenvalue weighted by Gasteiger charge is 2.20. The van der Waals surface area contributed by atoms with Crippen LogP contribution in [0.2, 0.25) is 0 Å². The summed E-state index contributed by atoms with van der Waals surface area (Å²) in [6.07, 6.45) is 0. The minimum Gasteiger partial charge on any atom is -0.494 e. The zero-order valence-corrected chi connectivity index (χ0v) is 16.2. The number of fused-ring (bicyclic) bond motifs is 1. The van der Waals surface area contributed by atoms with Gasteiger partial charge in [-0.15, -0.1) is 0 Å². The topological polar surface area (TPSA) is 66.0 Å². The van der Waals surface area contributed by atoms with E-state index in [1.165, 1.54) is 0 Å². The molecule has 0 radical (unpaired) electrons. The summed E-state index contributed by atoms with van der Waals surface area (Å²) in [5.74, 6) is 2.09. The number of aromatic nitrogens is 4. The Kier molecular flexibility index (Phi) is 4.85. The van der Waals surface area contributed by atoms with Crippen molar-refractivity contribution in [2.75, 3.05) is 6.61 Å². The Labute approximate surface area is 161 Å². The van der Waals surface area contributed by atoms with Crippen molar-refractivity contribution in [2.24, 2.45) is 0 Å². The van der Waals surface area contributed by atoms with E-state index in [0.29, 0.717) is 18.3 Å². The first-order valence-corrected chi connectivity index (χ1v) is 9.71. The molecular weight excluding hydrogens is 360 g/mol. The van der Waals surface area contributed by atoms with E-state index in [1.54, 1.807) is 11.8 Å². The lowest BCUT2D eigenvalue weighted by molar-refractivity contribution is 0.340. The maximum atomic E-state index is 5.56. The lowest BCUT2D eigenvalue weighted by Gasteiger charge is -2.12. The lowest BCUT2D eigenvalue weighted by Crippen LogP contribution is -1.99. The average Bonchev–Trinajstić information content (AvgIpc) is 3.26. The Balaban J connectivity index is 1.75. The normalized spacial score (nSPS) is 12.4. The Morgan fingerprint density at radius 1 is 1.11 bits per heavy atom. The number of nitrogens with zero attached hydrogens (tertiary/aromatic N) is 4. The molecule has 0 spiro atoms. The summed E-state index contributed by atoms with van der Waals surface area (Å²) in [4.78, 5) is 9.17. The van der Waals surface area contributed by atoms with E-state index in [-0.39, 0.29) is 5.25 Å². The predicted molar refractivity (Wildman–Crippen MR) is 106 cm³/mol. The van der Waals surface area contributed by atoms with Crippen LogP contribution in [0.4, 0.5) is 0 Å². The fourth-order valence-electron chi connectivity index (χ4n) is 2.88. The van der Waals surface area contributed by atoms with Crippen molar-refractivity contribution in [2.45, 2.75) is 31.2 Å². The van der Waals surface area contributed by atoms with E-state index in [4.69, 9.17) is 14.2 Å². The maximum absolute atomic E-state index is 5.56. The number of rotatable bonds is 6. The van der Waals surface area contributed by atoms with E-state index >= 15 is 0 Å². The van der Waals surface area contributed by atoms with Crippen molar-refractivity contribution in [3.63, 3.8) is 0 Å². The van der Waals surface area contributed by atoms with Crippen molar-refractivity contribution in [3.8, 4) is 11.4 Å². The zero-order chi connectivity index (χ0) is 18.8. The van der Waals surface area contributed by atoms with Crippen LogP contribution < -0.4 is 4.74 Å². The molecule has 6 nitrogen and oxygen atoms in total. The minimum absolute atomic E-state index is 0.00976. The summed E-state index contributed by atoms with van der Waals surface area (Å²) in [5.41, 5.74) is 3.03. The van der Waals surface area contributed by atoms with E-state index < -0.39 is 0 Å². The molecule has 0 bridgehead atoms. The maximum Gasteiger partial charge on any atom is 0.239 e. The number of benzene rings is 2. The van der Waals surface area contributed by atoms with E-state index in [2.05, 4.69) is 20.8 Å². The number of imidazole rings is 1. The number of ether oxygens (including phenoxy) is 1. The van der Waals surface area contributed by atoms with Crippen LogP contribution >= 0.6 is 11.8 Å². The van der Waals surface area contributed by atoms with Gasteiger partial charge in [-0.2, -0.15) is 4.98 Å². The summed E-state index contributed by atoms with van der Waals surface area (Å²) >= 11 is 1.60. The molecule has 4 aromatic rings. The second-order valence-electron chi connectivity index (χ2n) is 6.09. The third-order valence-corrected chi connectivity index (χ3v) is 5.15. The van der Waals surface area contributed by atoms with Gasteiger partial charge in [0, 0.05) is 5.69 Å². The van der Waals surface area contributed by atoms with Crippen LogP contribution in [-0.2, 0) is 0 Å². The number of aryl methyl sites for hydroxylation is 1. The van der Waals surface area contributed by atoms with Crippen molar-refractivity contribution in [1.82, 2.24) is 19.7 Å². The van der Waals surface area contributed by atoms with E-state index in [0.717, 1.165) is 27.6 Å². The van der Waals surface area contributed by atoms with Gasteiger partial charge in [0.1, 0.15) is 5.75 Å². The molecule has 0 unspecified atom stereocenters. The quantitative estimate of drug-likeness (QED) is 0.440. The third kappa shape index (κ3) is 3.55. The molecule has 1 atom stereocenters. The van der Waals surface area contributed by atoms with Crippen molar-refractivity contribution in [3.05, 3.63) is 60.2 Å². The van der Waals surface area contributed by atoms with Gasteiger partial charge in [-0.25, -0.2) is 4.98 Å². The van der Waals surface area contributed by atoms with Crippen molar-refractivity contribution < 1.29 is 9.26 Å². The fraction of sp³-hybridized carbons (Fsp3) is 0.250. The molecule has 0 N–H and O–H groups in total.